The van der Waals surface area contributed by atoms with Gasteiger partial charge in [0.2, 0.25) is 0 Å². The molecule has 0 unspecified atom stereocenters. The first-order valence-corrected chi connectivity index (χ1v) is 12.8. The molecule has 0 atom stereocenters. The summed E-state index contributed by atoms with van der Waals surface area (Å²) in [6, 6.07) is 14.2. The van der Waals surface area contributed by atoms with Gasteiger partial charge in [-0.25, -0.2) is 0 Å². The number of oxime groups is 1. The lowest BCUT2D eigenvalue weighted by atomic mass is 10.1. The van der Waals surface area contributed by atoms with Crippen LogP contribution in [-0.4, -0.2) is 55.5 Å². The molecule has 14 heteroatoms. The molecule has 0 aliphatic heterocycles. The van der Waals surface area contributed by atoms with Crippen molar-refractivity contribution in [3.8, 4) is 5.75 Å². The normalized spacial score (nSPS) is 12.2. The third kappa shape index (κ3) is 11.2. The summed E-state index contributed by atoms with van der Waals surface area (Å²) in [7, 11) is -7.42. The van der Waals surface area contributed by atoms with Crippen LogP contribution in [0.2, 0.25) is 0 Å². The van der Waals surface area contributed by atoms with E-state index in [1.165, 1.54) is 10.9 Å². The van der Waals surface area contributed by atoms with Crippen LogP contribution < -0.4 is 4.18 Å². The van der Waals surface area contributed by atoms with Gasteiger partial charge < -0.3 is 14.4 Å². The fourth-order valence-corrected chi connectivity index (χ4v) is 3.35. The summed E-state index contributed by atoms with van der Waals surface area (Å²) in [4.78, 5) is 3.12. The molecular weight excluding hydrogens is 501 g/mol. The Kier molecular flexibility index (Phi) is 10.5. The fourth-order valence-electron chi connectivity index (χ4n) is 2.37. The van der Waals surface area contributed by atoms with Crippen molar-refractivity contribution in [1.29, 1.82) is 0 Å². The van der Waals surface area contributed by atoms with E-state index in [4.69, 9.17) is 9.76 Å². The quantitative estimate of drug-likeness (QED) is 0.149. The van der Waals surface area contributed by atoms with Gasteiger partial charge in [-0.1, -0.05) is 30.3 Å². The summed E-state index contributed by atoms with van der Waals surface area (Å²) in [5.74, 6) is -0.270. The molecule has 0 amide bonds. The number of hydrogen-bond acceptors (Lipinski definition) is 7. The van der Waals surface area contributed by atoms with Crippen LogP contribution >= 0.6 is 0 Å². The average Bonchev–Trinajstić information content (AvgIpc) is 3.16. The van der Waals surface area contributed by atoms with Gasteiger partial charge in [0, 0.05) is 17.3 Å². The van der Waals surface area contributed by atoms with E-state index in [0.29, 0.717) is 6.42 Å². The van der Waals surface area contributed by atoms with E-state index in [9.17, 15) is 30.0 Å². The molecule has 2 aromatic carbocycles. The highest BCUT2D eigenvalue weighted by Gasteiger charge is 2.37. The van der Waals surface area contributed by atoms with Crippen molar-refractivity contribution in [2.75, 3.05) is 12.0 Å². The number of nitrogens with one attached hydrogen (secondary N) is 1. The maximum atomic E-state index is 12.4. The average molecular weight is 525 g/mol. The van der Waals surface area contributed by atoms with E-state index in [2.05, 4.69) is 32.5 Å². The Hall–Kier alpha value is -3.10. The van der Waals surface area contributed by atoms with Gasteiger partial charge in [-0.05, 0) is 48.2 Å². The molecule has 3 rings (SSSR count). The Morgan fingerprint density at radius 1 is 1.03 bits per heavy atom. The van der Waals surface area contributed by atoms with Crippen molar-refractivity contribution in [2.24, 2.45) is 5.16 Å². The van der Waals surface area contributed by atoms with Crippen LogP contribution in [-0.2, 0) is 20.2 Å². The van der Waals surface area contributed by atoms with Crippen molar-refractivity contribution in [1.82, 2.24) is 4.98 Å². The molecule has 1 aromatic heterocycles. The smallest absolute Gasteiger partial charge is 0.410 e. The van der Waals surface area contributed by atoms with Crippen LogP contribution in [0.3, 0.4) is 0 Å². The summed E-state index contributed by atoms with van der Waals surface area (Å²) < 4.78 is 90.6. The number of alkyl halides is 3. The second-order valence-electron chi connectivity index (χ2n) is 6.61. The first-order chi connectivity index (χ1) is 15.7. The van der Waals surface area contributed by atoms with Gasteiger partial charge in [0.05, 0.1) is 12.0 Å². The molecule has 0 aliphatic carbocycles. The molecule has 188 valence electrons. The number of halogens is 3. The first kappa shape index (κ1) is 28.9. The fraction of sp³-hybridized carbons (Fsp3) is 0.250. The maximum absolute atomic E-state index is 12.4. The number of nitrogens with zero attached hydrogens (tertiary/aromatic N) is 1. The third-order valence-electron chi connectivity index (χ3n) is 3.67. The predicted octanol–water partition coefficient (Wildman–Crippen LogP) is 4.22. The lowest BCUT2D eigenvalue weighted by Crippen LogP contribution is -2.24. The van der Waals surface area contributed by atoms with E-state index < -0.39 is 37.7 Å². The molecule has 3 N–H and O–H groups in total. The summed E-state index contributed by atoms with van der Waals surface area (Å²) in [6.07, 6.45) is -1.59. The second kappa shape index (κ2) is 12.4. The molecule has 0 bridgehead atoms. The minimum Gasteiger partial charge on any atom is -0.410 e. The second-order valence-corrected chi connectivity index (χ2v) is 9.76. The van der Waals surface area contributed by atoms with Gasteiger partial charge >= 0.3 is 16.3 Å². The Labute approximate surface area is 194 Å². The summed E-state index contributed by atoms with van der Waals surface area (Å²) in [5, 5.41) is 11.8. The molecule has 9 nitrogen and oxygen atoms in total. The van der Waals surface area contributed by atoms with Crippen LogP contribution in [0.25, 0.3) is 10.9 Å². The van der Waals surface area contributed by atoms with Crippen molar-refractivity contribution < 1.29 is 43.9 Å². The zero-order valence-electron chi connectivity index (χ0n) is 18.0. The van der Waals surface area contributed by atoms with E-state index >= 15 is 0 Å². The van der Waals surface area contributed by atoms with Crippen molar-refractivity contribution in [2.45, 2.75) is 19.5 Å². The highest BCUT2D eigenvalue weighted by molar-refractivity contribution is 7.86. The zero-order chi connectivity index (χ0) is 26.0. The Morgan fingerprint density at radius 2 is 1.62 bits per heavy atom. The molecule has 0 aliphatic rings. The lowest BCUT2D eigenvalue weighted by Gasteiger charge is -2.09. The van der Waals surface area contributed by atoms with Crippen molar-refractivity contribution in [3.63, 3.8) is 0 Å². The summed E-state index contributed by atoms with van der Waals surface area (Å²) >= 11 is 0. The van der Waals surface area contributed by atoms with E-state index in [-0.39, 0.29) is 11.5 Å². The summed E-state index contributed by atoms with van der Waals surface area (Å²) in [5.41, 5.74) is -0.684. The third-order valence-corrected chi connectivity index (χ3v) is 5.09. The molecule has 0 saturated heterocycles. The van der Waals surface area contributed by atoms with Gasteiger partial charge in [-0.2, -0.15) is 30.0 Å². The van der Waals surface area contributed by atoms with Crippen LogP contribution in [0.4, 0.5) is 13.2 Å². The Balaban J connectivity index is 0.000000297. The number of rotatable bonds is 5. The largest absolute Gasteiger partial charge is 0.437 e. The molecule has 0 radical (unpaired) electrons. The van der Waals surface area contributed by atoms with Crippen LogP contribution in [0.15, 0.2) is 65.9 Å². The number of hydrogen-bond donors (Lipinski definition) is 3. The highest BCUT2D eigenvalue weighted by atomic mass is 32.2. The monoisotopic (exact) mass is 524 g/mol. The molecule has 3 aromatic rings. The number of aromatic nitrogens is 1. The standard InChI is InChI=1S/C9H8F3NO4S.C8H7N.C3H8O3S/c1-18(15,16)17-7-4-2-6(3-5-7)8(13-14)9(10,11)12;1-2-4-8-7(3-1)5-6-9-8;1-2-3-7(4,5)6/h2-5,14H,1H3;1-6,9H;2-3H2,1H3,(H,4,5,6). The lowest BCUT2D eigenvalue weighted by molar-refractivity contribution is -0.0601. The van der Waals surface area contributed by atoms with Crippen LogP contribution in [0, 0.1) is 0 Å². The summed E-state index contributed by atoms with van der Waals surface area (Å²) in [6.45, 7) is 1.69. The molecule has 0 spiro atoms. The number of benzene rings is 2. The minimum atomic E-state index is -4.81. The van der Waals surface area contributed by atoms with Gasteiger partial charge in [-0.15, -0.1) is 0 Å². The van der Waals surface area contributed by atoms with Gasteiger partial charge in [0.1, 0.15) is 5.75 Å². The van der Waals surface area contributed by atoms with E-state index in [1.54, 1.807) is 6.92 Å². The number of fused-ring (bicyclic) bond motifs is 1. The molecule has 0 saturated carbocycles. The number of aromatic amines is 1. The van der Waals surface area contributed by atoms with Crippen LogP contribution in [0.5, 0.6) is 5.75 Å². The molecular formula is C20H23F3N2O7S2. The maximum Gasteiger partial charge on any atom is 0.437 e. The molecule has 34 heavy (non-hydrogen) atoms. The number of para-hydroxylation sites is 1. The Morgan fingerprint density at radius 3 is 2.03 bits per heavy atom. The van der Waals surface area contributed by atoms with E-state index in [1.807, 2.05) is 18.3 Å². The van der Waals surface area contributed by atoms with Crippen LogP contribution in [0.1, 0.15) is 18.9 Å². The van der Waals surface area contributed by atoms with Crippen molar-refractivity contribution in [3.05, 3.63) is 66.4 Å². The first-order valence-electron chi connectivity index (χ1n) is 9.42. The van der Waals surface area contributed by atoms with Gasteiger partial charge in [-0.3, -0.25) is 4.55 Å². The van der Waals surface area contributed by atoms with Gasteiger partial charge in [0.15, 0.2) is 5.71 Å². The minimum absolute atomic E-state index is 0.132. The highest BCUT2D eigenvalue weighted by Crippen LogP contribution is 2.24. The topological polar surface area (TPSA) is 146 Å². The Bertz CT molecular complexity index is 1260. The predicted molar refractivity (Wildman–Crippen MR) is 121 cm³/mol. The van der Waals surface area contributed by atoms with Gasteiger partial charge in [0.25, 0.3) is 10.1 Å². The molecule has 1 heterocycles. The number of H-pyrrole nitrogens is 1. The SMILES string of the molecule is CCCS(=O)(=O)O.CS(=O)(=O)Oc1ccc(C(=NO)C(F)(F)F)cc1.c1ccc2[nH]ccc2c1. The van der Waals surface area contributed by atoms with Crippen molar-refractivity contribution >= 4 is 36.9 Å². The molecule has 0 fully saturated rings. The zero-order valence-corrected chi connectivity index (χ0v) is 19.7. The van der Waals surface area contributed by atoms with E-state index in [0.717, 1.165) is 30.5 Å².